The van der Waals surface area contributed by atoms with Crippen LogP contribution in [0.3, 0.4) is 0 Å². The Morgan fingerprint density at radius 2 is 2.42 bits per heavy atom. The summed E-state index contributed by atoms with van der Waals surface area (Å²) in [5.74, 6) is -0.174. The molecule has 66 valence electrons. The Labute approximate surface area is 72.5 Å². The van der Waals surface area contributed by atoms with Gasteiger partial charge in [-0.3, -0.25) is 4.79 Å². The molecule has 1 heterocycles. The molecule has 12 heavy (non-hydrogen) atoms. The molecule has 4 heteroatoms. The average molecular weight is 167 g/mol. The first-order valence-corrected chi connectivity index (χ1v) is 3.81. The van der Waals surface area contributed by atoms with Crippen LogP contribution in [0.5, 0.6) is 0 Å². The summed E-state index contributed by atoms with van der Waals surface area (Å²) in [4.78, 5) is 18.9. The van der Waals surface area contributed by atoms with Gasteiger partial charge in [-0.2, -0.15) is 0 Å². The van der Waals surface area contributed by atoms with Crippen LogP contribution in [0, 0.1) is 0 Å². The Hall–Kier alpha value is -1.45. The topological polar surface area (TPSA) is 54.9 Å². The van der Waals surface area contributed by atoms with Crippen LogP contribution in [-0.4, -0.2) is 22.9 Å². The van der Waals surface area contributed by atoms with Crippen LogP contribution in [0.1, 0.15) is 24.5 Å². The number of nitrogens with one attached hydrogen (secondary N) is 1. The predicted molar refractivity (Wildman–Crippen MR) is 46.9 cm³/mol. The Morgan fingerprint density at radius 1 is 1.67 bits per heavy atom. The zero-order valence-corrected chi connectivity index (χ0v) is 7.16. The van der Waals surface area contributed by atoms with Crippen LogP contribution in [0.15, 0.2) is 12.4 Å². The highest BCUT2D eigenvalue weighted by Crippen LogP contribution is 1.97. The summed E-state index contributed by atoms with van der Waals surface area (Å²) in [7, 11) is 1.58. The fraction of sp³-hybridized carbons (Fsp3) is 0.375. The maximum absolute atomic E-state index is 11.1. The van der Waals surface area contributed by atoms with Gasteiger partial charge < -0.3 is 5.32 Å². The molecular formula is C8H13N3O. The quantitative estimate of drug-likeness (QED) is 0.703. The summed E-state index contributed by atoms with van der Waals surface area (Å²) in [6.07, 6.45) is 2.22. The Balaban J connectivity index is 0.00000144. The van der Waals surface area contributed by atoms with Crippen LogP contribution < -0.4 is 5.32 Å². The lowest BCUT2D eigenvalue weighted by molar-refractivity contribution is 0.0958. The van der Waals surface area contributed by atoms with Crippen molar-refractivity contribution in [3.8, 4) is 0 Å². The molecule has 0 spiro atoms. The highest BCUT2D eigenvalue weighted by Gasteiger charge is 2.04. The van der Waals surface area contributed by atoms with E-state index in [1.807, 2.05) is 6.92 Å². The van der Waals surface area contributed by atoms with E-state index in [4.69, 9.17) is 0 Å². The molecule has 0 unspecified atom stereocenters. The molecule has 1 rings (SSSR count). The fourth-order valence-electron chi connectivity index (χ4n) is 0.843. The molecule has 0 atom stereocenters. The zero-order chi connectivity index (χ0) is 8.97. The SMILES string of the molecule is CCc1cc(C(=O)NC)ncn1.[HH]. The van der Waals surface area contributed by atoms with Gasteiger partial charge in [-0.25, -0.2) is 9.97 Å². The monoisotopic (exact) mass is 167 g/mol. The molecule has 0 fully saturated rings. The summed E-state index contributed by atoms with van der Waals surface area (Å²) in [6.45, 7) is 1.98. The summed E-state index contributed by atoms with van der Waals surface area (Å²) in [5, 5.41) is 2.50. The van der Waals surface area contributed by atoms with Gasteiger partial charge in [0.15, 0.2) is 0 Å². The largest absolute Gasteiger partial charge is 0.354 e. The third-order valence-electron chi connectivity index (χ3n) is 1.55. The van der Waals surface area contributed by atoms with Crippen molar-refractivity contribution < 1.29 is 6.22 Å². The second-order valence-corrected chi connectivity index (χ2v) is 2.33. The van der Waals surface area contributed by atoms with Crippen molar-refractivity contribution in [1.82, 2.24) is 15.3 Å². The first-order valence-electron chi connectivity index (χ1n) is 3.81. The summed E-state index contributed by atoms with van der Waals surface area (Å²) < 4.78 is 0. The van der Waals surface area contributed by atoms with Crippen LogP contribution in [-0.2, 0) is 6.42 Å². The van der Waals surface area contributed by atoms with Crippen molar-refractivity contribution in [3.05, 3.63) is 23.8 Å². The number of amides is 1. The molecule has 1 aromatic heterocycles. The molecule has 0 bridgehead atoms. The van der Waals surface area contributed by atoms with E-state index in [0.29, 0.717) is 5.69 Å². The van der Waals surface area contributed by atoms with Gasteiger partial charge in [0.2, 0.25) is 0 Å². The van der Waals surface area contributed by atoms with E-state index in [2.05, 4.69) is 15.3 Å². The lowest BCUT2D eigenvalue weighted by Gasteiger charge is -1.99. The highest BCUT2D eigenvalue weighted by atomic mass is 16.1. The van der Waals surface area contributed by atoms with Crippen LogP contribution in [0.4, 0.5) is 0 Å². The number of hydrogen-bond acceptors (Lipinski definition) is 3. The molecule has 4 nitrogen and oxygen atoms in total. The van der Waals surface area contributed by atoms with Crippen molar-refractivity contribution in [3.63, 3.8) is 0 Å². The van der Waals surface area contributed by atoms with Gasteiger partial charge in [-0.1, -0.05) is 6.92 Å². The smallest absolute Gasteiger partial charge is 0.269 e. The van der Waals surface area contributed by atoms with Crippen molar-refractivity contribution in [2.45, 2.75) is 13.3 Å². The number of carbonyl (C=O) groups excluding carboxylic acids is 1. The van der Waals surface area contributed by atoms with E-state index in [1.54, 1.807) is 13.1 Å². The van der Waals surface area contributed by atoms with Gasteiger partial charge in [0.05, 0.1) is 0 Å². The molecule has 0 aliphatic heterocycles. The third kappa shape index (κ3) is 1.78. The number of hydrogen-bond donors (Lipinski definition) is 1. The van der Waals surface area contributed by atoms with E-state index in [0.717, 1.165) is 12.1 Å². The number of aromatic nitrogens is 2. The van der Waals surface area contributed by atoms with Gasteiger partial charge in [0, 0.05) is 14.2 Å². The van der Waals surface area contributed by atoms with Crippen molar-refractivity contribution in [1.29, 1.82) is 0 Å². The number of aryl methyl sites for hydroxylation is 1. The summed E-state index contributed by atoms with van der Waals surface area (Å²) in [6, 6.07) is 1.69. The molecule has 0 aliphatic rings. The van der Waals surface area contributed by atoms with E-state index >= 15 is 0 Å². The molecule has 0 aromatic carbocycles. The van der Waals surface area contributed by atoms with E-state index in [1.165, 1.54) is 6.33 Å². The van der Waals surface area contributed by atoms with E-state index < -0.39 is 0 Å². The lowest BCUT2D eigenvalue weighted by Crippen LogP contribution is -2.19. The van der Waals surface area contributed by atoms with Gasteiger partial charge in [0.25, 0.3) is 5.91 Å². The highest BCUT2D eigenvalue weighted by molar-refractivity contribution is 5.91. The van der Waals surface area contributed by atoms with Crippen LogP contribution in [0.2, 0.25) is 0 Å². The first-order chi connectivity index (χ1) is 5.77. The van der Waals surface area contributed by atoms with Crippen LogP contribution >= 0.6 is 0 Å². The first kappa shape index (κ1) is 8.64. The molecule has 0 radical (unpaired) electrons. The minimum absolute atomic E-state index is 0. The number of nitrogens with zero attached hydrogens (tertiary/aromatic N) is 2. The van der Waals surface area contributed by atoms with Crippen LogP contribution in [0.25, 0.3) is 0 Å². The minimum Gasteiger partial charge on any atom is -0.354 e. The lowest BCUT2D eigenvalue weighted by atomic mass is 10.2. The Kier molecular flexibility index (Phi) is 2.74. The third-order valence-corrected chi connectivity index (χ3v) is 1.55. The van der Waals surface area contributed by atoms with E-state index in [-0.39, 0.29) is 7.33 Å². The normalized spacial score (nSPS) is 9.50. The molecule has 0 saturated carbocycles. The molecule has 1 N–H and O–H groups in total. The number of rotatable bonds is 2. The van der Waals surface area contributed by atoms with Gasteiger partial charge in [0.1, 0.15) is 12.0 Å². The van der Waals surface area contributed by atoms with Gasteiger partial charge in [-0.05, 0) is 12.5 Å². The van der Waals surface area contributed by atoms with Crippen molar-refractivity contribution in [2.75, 3.05) is 7.05 Å². The maximum Gasteiger partial charge on any atom is 0.269 e. The molecular weight excluding hydrogens is 154 g/mol. The molecule has 0 saturated heterocycles. The molecule has 1 amide bonds. The Bertz CT molecular complexity index is 290. The second kappa shape index (κ2) is 3.80. The predicted octanol–water partition coefficient (Wildman–Crippen LogP) is 0.645. The standard InChI is InChI=1S/C8H11N3O.H2/c1-3-6-4-7(8(12)9-2)11-5-10-6;/h4-5H,3H2,1-2H3,(H,9,12);1H. The molecule has 0 aliphatic carbocycles. The average Bonchev–Trinajstić information content (AvgIpc) is 2.17. The van der Waals surface area contributed by atoms with Gasteiger partial charge in [-0.15, -0.1) is 0 Å². The summed E-state index contributed by atoms with van der Waals surface area (Å²) >= 11 is 0. The van der Waals surface area contributed by atoms with Crippen molar-refractivity contribution in [2.24, 2.45) is 0 Å². The fourth-order valence-corrected chi connectivity index (χ4v) is 0.843. The Morgan fingerprint density at radius 3 is 3.00 bits per heavy atom. The van der Waals surface area contributed by atoms with Crippen molar-refractivity contribution >= 4 is 5.91 Å². The molecule has 1 aromatic rings. The second-order valence-electron chi connectivity index (χ2n) is 2.33. The maximum atomic E-state index is 11.1. The minimum atomic E-state index is -0.174. The zero-order valence-electron chi connectivity index (χ0n) is 7.16. The van der Waals surface area contributed by atoms with E-state index in [9.17, 15) is 4.79 Å². The number of carbonyl (C=O) groups is 1. The summed E-state index contributed by atoms with van der Waals surface area (Å²) in [5.41, 5.74) is 1.30. The van der Waals surface area contributed by atoms with Gasteiger partial charge >= 0.3 is 0 Å².